The molecule has 0 spiro atoms. The molecule has 1 fully saturated rings. The Labute approximate surface area is 194 Å². The number of likely N-dealkylation sites (N-methyl/N-ethyl adjacent to an activating group) is 1. The van der Waals surface area contributed by atoms with E-state index in [9.17, 15) is 9.59 Å². The summed E-state index contributed by atoms with van der Waals surface area (Å²) in [5, 5.41) is 9.54. The van der Waals surface area contributed by atoms with Gasteiger partial charge in [-0.25, -0.2) is 9.79 Å². The first-order valence-electron chi connectivity index (χ1n) is 9.89. The highest BCUT2D eigenvalue weighted by Crippen LogP contribution is 2.35. The summed E-state index contributed by atoms with van der Waals surface area (Å²) in [6.07, 6.45) is 1.77. The number of para-hydroxylation sites is 1. The molecule has 33 heavy (non-hydrogen) atoms. The molecule has 2 heterocycles. The van der Waals surface area contributed by atoms with E-state index in [4.69, 9.17) is 19.0 Å². The Morgan fingerprint density at radius 2 is 1.94 bits per heavy atom. The van der Waals surface area contributed by atoms with Gasteiger partial charge in [-0.3, -0.25) is 9.69 Å². The average Bonchev–Trinajstić information content (AvgIpc) is 3.40. The van der Waals surface area contributed by atoms with E-state index in [1.54, 1.807) is 37.4 Å². The quantitative estimate of drug-likeness (QED) is 0.501. The predicted molar refractivity (Wildman–Crippen MR) is 125 cm³/mol. The number of hydrogen-bond donors (Lipinski definition) is 1. The molecule has 0 bridgehead atoms. The van der Waals surface area contributed by atoms with Crippen molar-refractivity contribution in [3.05, 3.63) is 82.7 Å². The molecule has 0 aliphatic carbocycles. The number of aliphatic imine (C=N–C) groups is 1. The van der Waals surface area contributed by atoms with Crippen LogP contribution in [0.4, 0.5) is 5.69 Å². The Morgan fingerprint density at radius 1 is 1.15 bits per heavy atom. The number of methoxy groups -OCH3 is 1. The van der Waals surface area contributed by atoms with Crippen LogP contribution in [0.1, 0.15) is 21.9 Å². The number of ether oxygens (including phenoxy) is 2. The third-order valence-corrected chi connectivity index (χ3v) is 5.77. The average molecular weight is 464 g/mol. The first-order chi connectivity index (χ1) is 15.9. The van der Waals surface area contributed by atoms with Gasteiger partial charge >= 0.3 is 5.97 Å². The zero-order chi connectivity index (χ0) is 23.4. The Hall–Kier alpha value is -3.98. The van der Waals surface area contributed by atoms with Crippen molar-refractivity contribution in [3.63, 3.8) is 0 Å². The van der Waals surface area contributed by atoms with Gasteiger partial charge in [0, 0.05) is 7.05 Å². The number of carboxylic acids is 1. The van der Waals surface area contributed by atoms with Gasteiger partial charge in [0.1, 0.15) is 12.4 Å². The molecule has 1 aromatic heterocycles. The number of carboxylic acid groups (broad SMARTS) is 1. The third kappa shape index (κ3) is 5.09. The molecule has 0 radical (unpaired) electrons. The third-order valence-electron chi connectivity index (χ3n) is 4.71. The summed E-state index contributed by atoms with van der Waals surface area (Å²) < 4.78 is 16.3. The Kier molecular flexibility index (Phi) is 6.50. The fourth-order valence-corrected chi connectivity index (χ4v) is 4.02. The van der Waals surface area contributed by atoms with Gasteiger partial charge in [-0.1, -0.05) is 24.3 Å². The van der Waals surface area contributed by atoms with Gasteiger partial charge in [0.2, 0.25) is 5.76 Å². The molecule has 1 aliphatic rings. The molecule has 2 aromatic carbocycles. The summed E-state index contributed by atoms with van der Waals surface area (Å²) in [6, 6.07) is 17.6. The number of hydrogen-bond acceptors (Lipinski definition) is 7. The standard InChI is InChI=1S/C24H20N2O6S/c1-26-22(27)21(33-24(26)25-16-6-4-3-5-7-16)13-15-8-10-18(20(12-15)30-2)31-14-17-9-11-19(32-17)23(28)29/h3-13H,14H2,1-2H3,(H,28,29). The second-order valence-electron chi connectivity index (χ2n) is 6.97. The first kappa shape index (κ1) is 22.2. The molecule has 1 amide bonds. The summed E-state index contributed by atoms with van der Waals surface area (Å²) in [5.41, 5.74) is 1.53. The van der Waals surface area contributed by atoms with Crippen molar-refractivity contribution in [2.75, 3.05) is 14.2 Å². The van der Waals surface area contributed by atoms with E-state index in [1.807, 2.05) is 30.3 Å². The van der Waals surface area contributed by atoms with Crippen molar-refractivity contribution >= 4 is 40.6 Å². The Morgan fingerprint density at radius 3 is 2.64 bits per heavy atom. The van der Waals surface area contributed by atoms with Gasteiger partial charge in [-0.2, -0.15) is 0 Å². The van der Waals surface area contributed by atoms with Crippen molar-refractivity contribution < 1.29 is 28.6 Å². The second kappa shape index (κ2) is 9.66. The summed E-state index contributed by atoms with van der Waals surface area (Å²) in [5.74, 6) is -0.124. The number of furan rings is 1. The highest BCUT2D eigenvalue weighted by Gasteiger charge is 2.30. The first-order valence-corrected chi connectivity index (χ1v) is 10.7. The van der Waals surface area contributed by atoms with Crippen LogP contribution in [0.2, 0.25) is 0 Å². The van der Waals surface area contributed by atoms with E-state index < -0.39 is 5.97 Å². The normalized spacial score (nSPS) is 15.9. The van der Waals surface area contributed by atoms with Gasteiger partial charge < -0.3 is 19.0 Å². The van der Waals surface area contributed by atoms with E-state index in [0.29, 0.717) is 27.3 Å². The summed E-state index contributed by atoms with van der Waals surface area (Å²) in [4.78, 5) is 30.2. The van der Waals surface area contributed by atoms with E-state index in [1.165, 1.54) is 29.8 Å². The van der Waals surface area contributed by atoms with Crippen LogP contribution in [0.25, 0.3) is 6.08 Å². The van der Waals surface area contributed by atoms with Crippen LogP contribution in [0, 0.1) is 0 Å². The molecule has 1 saturated heterocycles. The number of amidine groups is 1. The number of rotatable bonds is 7. The number of carbonyl (C=O) groups excluding carboxylic acids is 1. The van der Waals surface area contributed by atoms with Gasteiger partial charge in [-0.05, 0) is 59.8 Å². The summed E-state index contributed by atoms with van der Waals surface area (Å²) >= 11 is 1.30. The monoisotopic (exact) mass is 464 g/mol. The SMILES string of the molecule is COc1cc(C=C2SC(=Nc3ccccc3)N(C)C2=O)ccc1OCc1ccc(C(=O)O)o1. The van der Waals surface area contributed by atoms with Crippen LogP contribution >= 0.6 is 11.8 Å². The lowest BCUT2D eigenvalue weighted by atomic mass is 10.2. The van der Waals surface area contributed by atoms with Gasteiger partial charge in [0.25, 0.3) is 5.91 Å². The van der Waals surface area contributed by atoms with Crippen molar-refractivity contribution in [3.8, 4) is 11.5 Å². The largest absolute Gasteiger partial charge is 0.493 e. The molecule has 168 valence electrons. The van der Waals surface area contributed by atoms with E-state index in [0.717, 1.165) is 11.3 Å². The smallest absolute Gasteiger partial charge is 0.371 e. The number of carbonyl (C=O) groups is 2. The number of benzene rings is 2. The van der Waals surface area contributed by atoms with E-state index >= 15 is 0 Å². The van der Waals surface area contributed by atoms with Crippen molar-refractivity contribution in [2.24, 2.45) is 4.99 Å². The molecule has 0 saturated carbocycles. The lowest BCUT2D eigenvalue weighted by molar-refractivity contribution is -0.121. The van der Waals surface area contributed by atoms with Crippen molar-refractivity contribution in [1.82, 2.24) is 4.90 Å². The molecule has 9 heteroatoms. The molecule has 1 N–H and O–H groups in total. The maximum Gasteiger partial charge on any atom is 0.371 e. The molecule has 8 nitrogen and oxygen atoms in total. The lowest BCUT2D eigenvalue weighted by Crippen LogP contribution is -2.23. The predicted octanol–water partition coefficient (Wildman–Crippen LogP) is 4.80. The zero-order valence-electron chi connectivity index (χ0n) is 17.8. The number of nitrogens with zero attached hydrogens (tertiary/aromatic N) is 2. The Bertz CT molecular complexity index is 1250. The topological polar surface area (TPSA) is 102 Å². The van der Waals surface area contributed by atoms with Crippen LogP contribution < -0.4 is 9.47 Å². The second-order valence-corrected chi connectivity index (χ2v) is 7.98. The van der Waals surface area contributed by atoms with E-state index in [2.05, 4.69) is 4.99 Å². The van der Waals surface area contributed by atoms with Crippen LogP contribution in [-0.4, -0.2) is 41.2 Å². The molecule has 4 rings (SSSR count). The van der Waals surface area contributed by atoms with Crippen LogP contribution in [0.3, 0.4) is 0 Å². The van der Waals surface area contributed by atoms with Gasteiger partial charge in [0.15, 0.2) is 16.7 Å². The van der Waals surface area contributed by atoms with Crippen LogP contribution in [-0.2, 0) is 11.4 Å². The van der Waals surface area contributed by atoms with Crippen molar-refractivity contribution in [1.29, 1.82) is 0 Å². The minimum absolute atomic E-state index is 0.0442. The highest BCUT2D eigenvalue weighted by atomic mass is 32.2. The highest BCUT2D eigenvalue weighted by molar-refractivity contribution is 8.18. The molecular formula is C24H20N2O6S. The summed E-state index contributed by atoms with van der Waals surface area (Å²) in [6.45, 7) is 0.0442. The molecular weight excluding hydrogens is 444 g/mol. The fourth-order valence-electron chi connectivity index (χ4n) is 3.03. The Balaban J connectivity index is 1.50. The van der Waals surface area contributed by atoms with Gasteiger partial charge in [0.05, 0.1) is 17.7 Å². The lowest BCUT2D eigenvalue weighted by Gasteiger charge is -2.10. The molecule has 0 atom stereocenters. The number of thioether (sulfide) groups is 1. The zero-order valence-corrected chi connectivity index (χ0v) is 18.7. The minimum Gasteiger partial charge on any atom is -0.493 e. The van der Waals surface area contributed by atoms with E-state index in [-0.39, 0.29) is 18.3 Å². The molecule has 0 unspecified atom stereocenters. The number of amides is 1. The maximum absolute atomic E-state index is 12.7. The van der Waals surface area contributed by atoms with Crippen LogP contribution in [0.15, 0.2) is 75.0 Å². The van der Waals surface area contributed by atoms with Gasteiger partial charge in [-0.15, -0.1) is 0 Å². The van der Waals surface area contributed by atoms with Crippen LogP contribution in [0.5, 0.6) is 11.5 Å². The number of aromatic carboxylic acids is 1. The molecule has 3 aromatic rings. The summed E-state index contributed by atoms with van der Waals surface area (Å²) in [7, 11) is 3.21. The van der Waals surface area contributed by atoms with Crippen molar-refractivity contribution in [2.45, 2.75) is 6.61 Å². The minimum atomic E-state index is -1.14. The maximum atomic E-state index is 12.7. The molecule has 1 aliphatic heterocycles. The fraction of sp³-hybridized carbons (Fsp3) is 0.125.